The number of rotatable bonds is 8. The molecule has 1 aliphatic heterocycles. The first-order valence-electron chi connectivity index (χ1n) is 11.2. The van der Waals surface area contributed by atoms with Gasteiger partial charge in [-0.2, -0.15) is 0 Å². The molecule has 1 aliphatic rings. The molecular formula is C24H28N5O4P3. The van der Waals surface area contributed by atoms with E-state index >= 15 is 0 Å². The van der Waals surface area contributed by atoms with Crippen LogP contribution in [0.4, 0.5) is 0 Å². The molecule has 0 amide bonds. The van der Waals surface area contributed by atoms with Gasteiger partial charge in [0.1, 0.15) is 0 Å². The van der Waals surface area contributed by atoms with Gasteiger partial charge in [-0.25, -0.2) is 0 Å². The quantitative estimate of drug-likeness (QED) is 0.194. The Morgan fingerprint density at radius 1 is 0.583 bits per heavy atom. The molecule has 4 aromatic rings. The SMILES string of the molecule is NP1(Oc2ccccc2)=N[PH](Oc2ccccc2)(Oc2ccccc2)N[PH](N)(Oc2ccccc2)N1. The van der Waals surface area contributed by atoms with E-state index in [1.807, 2.05) is 109 Å². The third-order valence-electron chi connectivity index (χ3n) is 4.96. The summed E-state index contributed by atoms with van der Waals surface area (Å²) >= 11 is 0. The van der Waals surface area contributed by atoms with Crippen LogP contribution in [-0.2, 0) is 0 Å². The Hall–Kier alpha value is -2.99. The Labute approximate surface area is 211 Å². The number of nitrogens with two attached hydrogens (primary N) is 2. The van der Waals surface area contributed by atoms with Crippen molar-refractivity contribution in [2.24, 2.45) is 15.5 Å². The third-order valence-corrected chi connectivity index (χ3v) is 14.6. The Kier molecular flexibility index (Phi) is 7.24. The molecular weight excluding hydrogens is 515 g/mol. The summed E-state index contributed by atoms with van der Waals surface area (Å²) in [5.41, 5.74) is 13.7. The number of benzene rings is 4. The van der Waals surface area contributed by atoms with Crippen molar-refractivity contribution in [3.8, 4) is 23.0 Å². The van der Waals surface area contributed by atoms with Crippen LogP contribution >= 0.6 is 23.5 Å². The van der Waals surface area contributed by atoms with Gasteiger partial charge in [0, 0.05) is 0 Å². The average Bonchev–Trinajstić information content (AvgIpc) is 2.85. The van der Waals surface area contributed by atoms with Crippen LogP contribution in [-0.4, -0.2) is 0 Å². The van der Waals surface area contributed by atoms with Crippen molar-refractivity contribution in [2.45, 2.75) is 0 Å². The van der Waals surface area contributed by atoms with Crippen molar-refractivity contribution >= 4 is 23.5 Å². The molecule has 6 N–H and O–H groups in total. The van der Waals surface area contributed by atoms with E-state index in [-0.39, 0.29) is 0 Å². The van der Waals surface area contributed by atoms with Gasteiger partial charge in [0.15, 0.2) is 0 Å². The first kappa shape index (κ1) is 24.7. The molecule has 0 fully saturated rings. The fourth-order valence-corrected chi connectivity index (χ4v) is 14.3. The molecule has 9 nitrogen and oxygen atoms in total. The van der Waals surface area contributed by atoms with Crippen molar-refractivity contribution in [3.63, 3.8) is 0 Å². The number of hydrogen-bond donors (Lipinski definition) is 4. The summed E-state index contributed by atoms with van der Waals surface area (Å²) in [6.07, 6.45) is 0. The first-order chi connectivity index (χ1) is 17.4. The van der Waals surface area contributed by atoms with Crippen LogP contribution in [0.15, 0.2) is 126 Å². The Balaban J connectivity index is 1.61. The van der Waals surface area contributed by atoms with E-state index in [1.165, 1.54) is 0 Å². The van der Waals surface area contributed by atoms with Gasteiger partial charge in [0.2, 0.25) is 0 Å². The summed E-state index contributed by atoms with van der Waals surface area (Å²) in [6.45, 7) is 0. The molecule has 12 heteroatoms. The second-order valence-electron chi connectivity index (χ2n) is 7.93. The molecule has 0 saturated carbocycles. The Morgan fingerprint density at radius 2 is 0.972 bits per heavy atom. The second kappa shape index (κ2) is 10.6. The minimum atomic E-state index is -3.82. The molecule has 0 bridgehead atoms. The predicted octanol–water partition coefficient (Wildman–Crippen LogP) is 6.18. The Morgan fingerprint density at radius 3 is 1.42 bits per heavy atom. The fraction of sp³-hybridized carbons (Fsp3) is 0. The van der Waals surface area contributed by atoms with Crippen LogP contribution in [0.25, 0.3) is 0 Å². The molecule has 0 aliphatic carbocycles. The number of para-hydroxylation sites is 4. The monoisotopic (exact) mass is 543 g/mol. The number of hydrogen-bond acceptors (Lipinski definition) is 9. The minimum absolute atomic E-state index is 0.532. The first-order valence-corrected chi connectivity index (χ1v) is 16.7. The standard InChI is InChI=1S/C24H28N5O4P3/c25-34(30-21-13-5-1-6-14-21)27-35(26,31-22-15-7-2-8-16-22)29-36(28-34,32-23-17-9-3-10-18-23)33-24-19-11-4-12-20-24/h1-20,27-28,34,36H,25-26H2. The number of nitrogens with zero attached hydrogens (tertiary/aromatic N) is 1. The van der Waals surface area contributed by atoms with Crippen molar-refractivity contribution < 1.29 is 18.1 Å². The average molecular weight is 543 g/mol. The molecule has 0 saturated heterocycles. The third kappa shape index (κ3) is 6.22. The van der Waals surface area contributed by atoms with Gasteiger partial charge in [-0.15, -0.1) is 0 Å². The Bertz CT molecular complexity index is 1300. The zero-order chi connectivity index (χ0) is 24.9. The van der Waals surface area contributed by atoms with Crippen LogP contribution in [0.5, 0.6) is 23.0 Å². The zero-order valence-corrected chi connectivity index (χ0v) is 22.1. The summed E-state index contributed by atoms with van der Waals surface area (Å²) in [6, 6.07) is 36.9. The van der Waals surface area contributed by atoms with Crippen LogP contribution in [0, 0.1) is 0 Å². The van der Waals surface area contributed by atoms with E-state index in [0.29, 0.717) is 23.0 Å². The molecule has 4 aromatic carbocycles. The molecule has 0 aromatic heterocycles. The molecule has 36 heavy (non-hydrogen) atoms. The number of nitrogens with one attached hydrogen (secondary N) is 2. The van der Waals surface area contributed by atoms with E-state index in [4.69, 9.17) is 33.6 Å². The van der Waals surface area contributed by atoms with Crippen LogP contribution in [0.2, 0.25) is 0 Å². The summed E-state index contributed by atoms with van der Waals surface area (Å²) in [4.78, 5) is 6.50. The van der Waals surface area contributed by atoms with E-state index in [0.717, 1.165) is 0 Å². The van der Waals surface area contributed by atoms with Crippen LogP contribution in [0.3, 0.4) is 0 Å². The van der Waals surface area contributed by atoms with Crippen LogP contribution in [0.1, 0.15) is 0 Å². The molecule has 5 rings (SSSR count). The summed E-state index contributed by atoms with van der Waals surface area (Å²) in [5, 5.41) is 0. The predicted molar refractivity (Wildman–Crippen MR) is 149 cm³/mol. The van der Waals surface area contributed by atoms with E-state index < -0.39 is 23.5 Å². The topological polar surface area (TPSA) is 125 Å². The van der Waals surface area contributed by atoms with E-state index in [1.54, 1.807) is 12.1 Å². The van der Waals surface area contributed by atoms with Gasteiger partial charge in [0.05, 0.1) is 0 Å². The molecule has 1 atom stereocenters. The molecule has 0 spiro atoms. The van der Waals surface area contributed by atoms with Crippen molar-refractivity contribution in [1.29, 1.82) is 0 Å². The van der Waals surface area contributed by atoms with Gasteiger partial charge in [-0.1, -0.05) is 0 Å². The van der Waals surface area contributed by atoms with Crippen molar-refractivity contribution in [1.82, 2.24) is 9.72 Å². The fourth-order valence-electron chi connectivity index (χ4n) is 3.56. The summed E-state index contributed by atoms with van der Waals surface area (Å²) < 4.78 is 30.3. The normalized spacial score (nSPS) is 21.7. The molecule has 0 radical (unpaired) electrons. The van der Waals surface area contributed by atoms with Gasteiger partial charge in [-0.05, 0) is 0 Å². The van der Waals surface area contributed by atoms with E-state index in [9.17, 15) is 0 Å². The zero-order valence-electron chi connectivity index (χ0n) is 19.2. The van der Waals surface area contributed by atoms with Gasteiger partial charge in [-0.3, -0.25) is 0 Å². The molecule has 188 valence electrons. The van der Waals surface area contributed by atoms with Crippen molar-refractivity contribution in [3.05, 3.63) is 121 Å². The van der Waals surface area contributed by atoms with Crippen LogP contribution < -0.4 is 38.8 Å². The van der Waals surface area contributed by atoms with Crippen molar-refractivity contribution in [2.75, 3.05) is 0 Å². The summed E-state index contributed by atoms with van der Waals surface area (Å²) in [5.74, 6) is 2.17. The van der Waals surface area contributed by atoms with E-state index in [2.05, 4.69) is 9.72 Å². The molecule has 1 heterocycles. The van der Waals surface area contributed by atoms with Gasteiger partial charge < -0.3 is 0 Å². The maximum absolute atomic E-state index is 6.88. The summed E-state index contributed by atoms with van der Waals surface area (Å²) in [7, 11) is -10.7. The van der Waals surface area contributed by atoms with Gasteiger partial charge in [0.25, 0.3) is 0 Å². The second-order valence-corrected chi connectivity index (χ2v) is 15.3. The molecule has 1 unspecified atom stereocenters. The van der Waals surface area contributed by atoms with Gasteiger partial charge >= 0.3 is 211 Å². The maximum atomic E-state index is 6.88.